The monoisotopic (exact) mass is 299 g/mol. The molecule has 1 saturated carbocycles. The molecule has 1 amide bonds. The zero-order valence-corrected chi connectivity index (χ0v) is 12.6. The molecule has 0 aliphatic heterocycles. The topological polar surface area (TPSA) is 29.1 Å². The van der Waals surface area contributed by atoms with Crippen LogP contribution in [0.25, 0.3) is 0 Å². The summed E-state index contributed by atoms with van der Waals surface area (Å²) in [6.07, 6.45) is 4.56. The fourth-order valence-electron chi connectivity index (χ4n) is 2.61. The molecule has 2 atom stereocenters. The van der Waals surface area contributed by atoms with Gasteiger partial charge in [-0.2, -0.15) is 0 Å². The molecule has 1 aliphatic rings. The van der Waals surface area contributed by atoms with Crippen molar-refractivity contribution in [1.82, 2.24) is 5.32 Å². The van der Waals surface area contributed by atoms with Crippen LogP contribution in [0.5, 0.6) is 0 Å². The van der Waals surface area contributed by atoms with Crippen molar-refractivity contribution in [3.8, 4) is 0 Å². The summed E-state index contributed by atoms with van der Waals surface area (Å²) in [6.45, 7) is 2.24. The van der Waals surface area contributed by atoms with E-state index < -0.39 is 0 Å². The molecular weight excluding hydrogens is 281 g/mol. The average Bonchev–Trinajstić information content (AvgIpc) is 2.73. The molecule has 0 bridgehead atoms. The molecule has 1 fully saturated rings. The maximum atomic E-state index is 11.9. The number of hydrogen-bond acceptors (Lipinski definition) is 1. The van der Waals surface area contributed by atoms with Gasteiger partial charge >= 0.3 is 0 Å². The van der Waals surface area contributed by atoms with Crippen molar-refractivity contribution >= 4 is 29.1 Å². The molecule has 0 heterocycles. The van der Waals surface area contributed by atoms with Crippen LogP contribution >= 0.6 is 23.2 Å². The lowest BCUT2D eigenvalue weighted by molar-refractivity contribution is -0.121. The molecule has 104 valence electrons. The number of aryl methyl sites for hydroxylation is 1. The van der Waals surface area contributed by atoms with E-state index in [2.05, 4.69) is 12.2 Å². The van der Waals surface area contributed by atoms with Gasteiger partial charge in [0.15, 0.2) is 0 Å². The molecule has 2 nitrogen and oxygen atoms in total. The highest BCUT2D eigenvalue weighted by molar-refractivity contribution is 6.35. The maximum Gasteiger partial charge on any atom is 0.220 e. The van der Waals surface area contributed by atoms with Crippen LogP contribution < -0.4 is 5.32 Å². The Morgan fingerprint density at radius 1 is 1.37 bits per heavy atom. The van der Waals surface area contributed by atoms with E-state index in [4.69, 9.17) is 23.2 Å². The Morgan fingerprint density at radius 3 is 2.79 bits per heavy atom. The molecule has 1 aliphatic carbocycles. The minimum atomic E-state index is 0.116. The van der Waals surface area contributed by atoms with Gasteiger partial charge in [0.25, 0.3) is 0 Å². The van der Waals surface area contributed by atoms with Gasteiger partial charge in [0.05, 0.1) is 0 Å². The van der Waals surface area contributed by atoms with Gasteiger partial charge in [0.2, 0.25) is 5.91 Å². The summed E-state index contributed by atoms with van der Waals surface area (Å²) in [6, 6.07) is 5.77. The molecule has 1 aromatic rings. The maximum absolute atomic E-state index is 11.9. The minimum absolute atomic E-state index is 0.116. The Morgan fingerprint density at radius 2 is 2.16 bits per heavy atom. The number of carbonyl (C=O) groups is 1. The summed E-state index contributed by atoms with van der Waals surface area (Å²) in [4.78, 5) is 11.9. The Hall–Kier alpha value is -0.730. The lowest BCUT2D eigenvalue weighted by Crippen LogP contribution is -2.33. The smallest absolute Gasteiger partial charge is 0.220 e. The third kappa shape index (κ3) is 4.39. The molecule has 0 saturated heterocycles. The van der Waals surface area contributed by atoms with E-state index in [1.54, 1.807) is 12.1 Å². The predicted octanol–water partition coefficient (Wildman–Crippen LogP) is 4.23. The second-order valence-electron chi connectivity index (χ2n) is 5.42. The van der Waals surface area contributed by atoms with Crippen molar-refractivity contribution in [2.24, 2.45) is 5.92 Å². The summed E-state index contributed by atoms with van der Waals surface area (Å²) < 4.78 is 0. The number of carbonyl (C=O) groups excluding carboxylic acids is 1. The van der Waals surface area contributed by atoms with Gasteiger partial charge in [-0.15, -0.1) is 0 Å². The molecule has 0 aromatic heterocycles. The summed E-state index contributed by atoms with van der Waals surface area (Å²) in [5.74, 6) is 0.848. The lowest BCUT2D eigenvalue weighted by Gasteiger charge is -2.12. The molecule has 2 rings (SSSR count). The van der Waals surface area contributed by atoms with E-state index in [1.807, 2.05) is 6.07 Å². The van der Waals surface area contributed by atoms with Crippen LogP contribution in [-0.2, 0) is 11.2 Å². The number of amides is 1. The van der Waals surface area contributed by atoms with Gasteiger partial charge in [-0.05, 0) is 49.3 Å². The van der Waals surface area contributed by atoms with E-state index in [0.717, 1.165) is 24.3 Å². The van der Waals surface area contributed by atoms with Crippen molar-refractivity contribution in [2.75, 3.05) is 0 Å². The van der Waals surface area contributed by atoms with Crippen LogP contribution in [0, 0.1) is 5.92 Å². The molecule has 1 aromatic carbocycles. The third-order valence-corrected chi connectivity index (χ3v) is 4.28. The van der Waals surface area contributed by atoms with E-state index >= 15 is 0 Å². The summed E-state index contributed by atoms with van der Waals surface area (Å²) in [5, 5.41) is 4.36. The highest BCUT2D eigenvalue weighted by Crippen LogP contribution is 2.25. The molecule has 19 heavy (non-hydrogen) atoms. The first-order valence-electron chi connectivity index (χ1n) is 6.78. The molecule has 2 unspecified atom stereocenters. The van der Waals surface area contributed by atoms with Crippen molar-refractivity contribution in [3.63, 3.8) is 0 Å². The zero-order chi connectivity index (χ0) is 13.8. The summed E-state index contributed by atoms with van der Waals surface area (Å²) in [7, 11) is 0. The van der Waals surface area contributed by atoms with Crippen molar-refractivity contribution < 1.29 is 4.79 Å². The van der Waals surface area contributed by atoms with Gasteiger partial charge in [-0.25, -0.2) is 0 Å². The van der Waals surface area contributed by atoms with E-state index in [-0.39, 0.29) is 5.91 Å². The van der Waals surface area contributed by atoms with Crippen LogP contribution in [0.1, 0.15) is 38.2 Å². The number of halogens is 2. The van der Waals surface area contributed by atoms with Crippen molar-refractivity contribution in [3.05, 3.63) is 33.8 Å². The van der Waals surface area contributed by atoms with E-state index in [1.165, 1.54) is 6.42 Å². The Kier molecular flexibility index (Phi) is 5.12. The van der Waals surface area contributed by atoms with Crippen LogP contribution in [0.2, 0.25) is 10.0 Å². The molecule has 4 heteroatoms. The van der Waals surface area contributed by atoms with Crippen LogP contribution in [0.3, 0.4) is 0 Å². The van der Waals surface area contributed by atoms with E-state index in [0.29, 0.717) is 28.9 Å². The Balaban J connectivity index is 1.80. The summed E-state index contributed by atoms with van der Waals surface area (Å²) in [5.41, 5.74) is 0.973. The first kappa shape index (κ1) is 14.7. The summed E-state index contributed by atoms with van der Waals surface area (Å²) >= 11 is 11.9. The van der Waals surface area contributed by atoms with Crippen LogP contribution in [0.15, 0.2) is 18.2 Å². The Labute approximate surface area is 124 Å². The van der Waals surface area contributed by atoms with E-state index in [9.17, 15) is 4.79 Å². The average molecular weight is 300 g/mol. The fraction of sp³-hybridized carbons (Fsp3) is 0.533. The van der Waals surface area contributed by atoms with Gasteiger partial charge < -0.3 is 5.32 Å². The second-order valence-corrected chi connectivity index (χ2v) is 6.26. The van der Waals surface area contributed by atoms with Gasteiger partial charge in [-0.3, -0.25) is 4.79 Å². The quantitative estimate of drug-likeness (QED) is 0.885. The third-order valence-electron chi connectivity index (χ3n) is 3.70. The van der Waals surface area contributed by atoms with Crippen molar-refractivity contribution in [1.29, 1.82) is 0 Å². The van der Waals surface area contributed by atoms with Gasteiger partial charge in [0.1, 0.15) is 0 Å². The minimum Gasteiger partial charge on any atom is -0.353 e. The first-order valence-corrected chi connectivity index (χ1v) is 7.53. The molecular formula is C15H19Cl2NO. The first-order chi connectivity index (χ1) is 9.04. The highest BCUT2D eigenvalue weighted by Gasteiger charge is 2.22. The SMILES string of the molecule is CC1CCC(NC(=O)CCc2ccc(Cl)cc2Cl)C1. The second kappa shape index (κ2) is 6.62. The number of rotatable bonds is 4. The van der Waals surface area contributed by atoms with Crippen LogP contribution in [-0.4, -0.2) is 11.9 Å². The number of nitrogens with one attached hydrogen (secondary N) is 1. The lowest BCUT2D eigenvalue weighted by atomic mass is 10.1. The van der Waals surface area contributed by atoms with Crippen molar-refractivity contribution in [2.45, 2.75) is 45.1 Å². The Bertz CT molecular complexity index is 461. The normalized spacial score (nSPS) is 22.5. The molecule has 0 radical (unpaired) electrons. The van der Waals surface area contributed by atoms with Gasteiger partial charge in [0, 0.05) is 22.5 Å². The number of hydrogen-bond donors (Lipinski definition) is 1. The largest absolute Gasteiger partial charge is 0.353 e. The van der Waals surface area contributed by atoms with Gasteiger partial charge in [-0.1, -0.05) is 36.2 Å². The standard InChI is InChI=1S/C15H19Cl2NO/c1-10-2-6-13(8-10)18-15(19)7-4-11-3-5-12(16)9-14(11)17/h3,5,9-10,13H,2,4,6-8H2,1H3,(H,18,19). The highest BCUT2D eigenvalue weighted by atomic mass is 35.5. The van der Waals surface area contributed by atoms with Crippen LogP contribution in [0.4, 0.5) is 0 Å². The fourth-order valence-corrected chi connectivity index (χ4v) is 3.11. The number of benzene rings is 1. The zero-order valence-electron chi connectivity index (χ0n) is 11.1. The predicted molar refractivity (Wildman–Crippen MR) is 79.7 cm³/mol. The molecule has 0 spiro atoms. The molecule has 1 N–H and O–H groups in total.